The maximum absolute atomic E-state index is 12.6. The molecule has 0 bridgehead atoms. The molecule has 7 rings (SSSR count). The van der Waals surface area contributed by atoms with Gasteiger partial charge in [0.15, 0.2) is 5.82 Å². The second kappa shape index (κ2) is 12.8. The second-order valence-corrected chi connectivity index (χ2v) is 15.2. The predicted octanol–water partition coefficient (Wildman–Crippen LogP) is 3.85. The topological polar surface area (TPSA) is 173 Å². The van der Waals surface area contributed by atoms with Crippen molar-refractivity contribution in [2.24, 2.45) is 0 Å². The molecule has 4 aromatic heterocycles. The first-order chi connectivity index (χ1) is 22.6. The molecular formula is C32H40N10O4S. The van der Waals surface area contributed by atoms with Gasteiger partial charge in [0.25, 0.3) is 10.0 Å². The van der Waals surface area contributed by atoms with Gasteiger partial charge >= 0.3 is 0 Å². The number of pyridine rings is 1. The van der Waals surface area contributed by atoms with Crippen LogP contribution in [0.1, 0.15) is 58.3 Å². The van der Waals surface area contributed by atoms with Crippen molar-refractivity contribution in [2.75, 3.05) is 30.8 Å². The Labute approximate surface area is 274 Å². The smallest absolute Gasteiger partial charge is 0.256 e. The lowest BCUT2D eigenvalue weighted by atomic mass is 9.83. The fraction of sp³-hybridized carbons (Fsp3) is 0.500. The summed E-state index contributed by atoms with van der Waals surface area (Å²) in [6.07, 6.45) is 12.7. The van der Waals surface area contributed by atoms with Crippen LogP contribution in [0.4, 0.5) is 17.3 Å². The molecule has 3 fully saturated rings. The lowest BCUT2D eigenvalue weighted by Gasteiger charge is -2.34. The average Bonchev–Trinajstić information content (AvgIpc) is 3.81. The molecule has 2 aliphatic carbocycles. The van der Waals surface area contributed by atoms with Crippen LogP contribution in [-0.2, 0) is 10.0 Å². The molecule has 0 amide bonds. The highest BCUT2D eigenvalue weighted by Crippen LogP contribution is 2.35. The van der Waals surface area contributed by atoms with Crippen LogP contribution in [0.25, 0.3) is 22.6 Å². The first kappa shape index (κ1) is 31.4. The first-order valence-corrected chi connectivity index (χ1v) is 17.7. The standard InChI is InChI=1S/C32H40N10O4S/c1-32(43)12-7-22(8-13-32)36-27-17-29(34-19-25(27)26-5-6-30(40-39-26)46-23-10-15-41(2)16-11-23)37-28-9-14-33-31(38-28)21-18-35-42(20-21)47(44,45)24-3-4-24/h5-6,9,14,17-20,22-24,43H,3-4,7-8,10-13,15-16H2,1-2H3,(H2,33,34,36,37,38). The Hall–Kier alpha value is -4.21. The van der Waals surface area contributed by atoms with Gasteiger partial charge in [0.2, 0.25) is 5.88 Å². The normalized spacial score (nSPS) is 22.6. The van der Waals surface area contributed by atoms with Crippen LogP contribution >= 0.6 is 0 Å². The maximum Gasteiger partial charge on any atom is 0.256 e. The van der Waals surface area contributed by atoms with E-state index in [2.05, 4.69) is 52.8 Å². The van der Waals surface area contributed by atoms with Gasteiger partial charge in [-0.25, -0.2) is 23.4 Å². The molecule has 3 N–H and O–H groups in total. The monoisotopic (exact) mass is 660 g/mol. The van der Waals surface area contributed by atoms with Crippen LogP contribution in [0.15, 0.2) is 49.1 Å². The van der Waals surface area contributed by atoms with Crippen molar-refractivity contribution in [2.45, 2.75) is 81.3 Å². The number of aromatic nitrogens is 7. The minimum absolute atomic E-state index is 0.133. The highest BCUT2D eigenvalue weighted by atomic mass is 32.2. The van der Waals surface area contributed by atoms with Gasteiger partial charge in [-0.1, -0.05) is 0 Å². The zero-order chi connectivity index (χ0) is 32.6. The number of piperidine rings is 1. The molecule has 14 nitrogen and oxygen atoms in total. The highest BCUT2D eigenvalue weighted by molar-refractivity contribution is 7.90. The molecule has 47 heavy (non-hydrogen) atoms. The van der Waals surface area contributed by atoms with Gasteiger partial charge in [-0.15, -0.1) is 10.2 Å². The van der Waals surface area contributed by atoms with E-state index in [0.717, 1.165) is 54.1 Å². The van der Waals surface area contributed by atoms with Crippen molar-refractivity contribution in [1.82, 2.24) is 39.2 Å². The van der Waals surface area contributed by atoms with Gasteiger partial charge in [-0.2, -0.15) is 9.19 Å². The van der Waals surface area contributed by atoms with Crippen LogP contribution < -0.4 is 15.4 Å². The van der Waals surface area contributed by atoms with E-state index in [4.69, 9.17) is 4.74 Å². The predicted molar refractivity (Wildman–Crippen MR) is 177 cm³/mol. The van der Waals surface area contributed by atoms with E-state index in [1.807, 2.05) is 25.1 Å². The van der Waals surface area contributed by atoms with Gasteiger partial charge in [0.05, 0.1) is 34.5 Å². The average molecular weight is 661 g/mol. The third-order valence-electron chi connectivity index (χ3n) is 9.13. The van der Waals surface area contributed by atoms with E-state index in [1.54, 1.807) is 18.5 Å². The molecule has 0 spiro atoms. The third-order valence-corrected chi connectivity index (χ3v) is 11.2. The van der Waals surface area contributed by atoms with Crippen LogP contribution in [-0.4, -0.2) is 95.9 Å². The van der Waals surface area contributed by atoms with E-state index in [0.29, 0.717) is 60.3 Å². The fourth-order valence-corrected chi connectivity index (χ4v) is 7.50. The molecule has 248 valence electrons. The minimum Gasteiger partial charge on any atom is -0.473 e. The first-order valence-electron chi connectivity index (χ1n) is 16.2. The summed E-state index contributed by atoms with van der Waals surface area (Å²) in [5, 5.41) is 30.0. The summed E-state index contributed by atoms with van der Waals surface area (Å²) in [4.78, 5) is 15.9. The van der Waals surface area contributed by atoms with E-state index < -0.39 is 15.6 Å². The Morgan fingerprint density at radius 1 is 0.979 bits per heavy atom. The molecule has 0 atom stereocenters. The van der Waals surface area contributed by atoms with Gasteiger partial charge in [0, 0.05) is 54.9 Å². The molecular weight excluding hydrogens is 620 g/mol. The summed E-state index contributed by atoms with van der Waals surface area (Å²) in [7, 11) is -1.37. The molecule has 0 radical (unpaired) electrons. The van der Waals surface area contributed by atoms with Crippen molar-refractivity contribution in [1.29, 1.82) is 0 Å². The van der Waals surface area contributed by atoms with Gasteiger partial charge in [-0.3, -0.25) is 0 Å². The van der Waals surface area contributed by atoms with E-state index in [9.17, 15) is 13.5 Å². The molecule has 1 aliphatic heterocycles. The van der Waals surface area contributed by atoms with Gasteiger partial charge in [-0.05, 0) is 77.5 Å². The number of ether oxygens (including phenoxy) is 1. The minimum atomic E-state index is -3.49. The molecule has 2 saturated carbocycles. The van der Waals surface area contributed by atoms with E-state index >= 15 is 0 Å². The second-order valence-electron chi connectivity index (χ2n) is 13.1. The lowest BCUT2D eigenvalue weighted by molar-refractivity contribution is 0.0196. The Balaban J connectivity index is 1.11. The summed E-state index contributed by atoms with van der Waals surface area (Å²) in [6.45, 7) is 3.89. The van der Waals surface area contributed by atoms with Gasteiger partial charge in [0.1, 0.15) is 17.7 Å². The summed E-state index contributed by atoms with van der Waals surface area (Å²) in [5.74, 6) is 1.89. The van der Waals surface area contributed by atoms with E-state index in [-0.39, 0.29) is 17.4 Å². The molecule has 0 unspecified atom stereocenters. The Kier molecular flexibility index (Phi) is 8.53. The quantitative estimate of drug-likeness (QED) is 0.224. The molecule has 1 saturated heterocycles. The van der Waals surface area contributed by atoms with Crippen molar-refractivity contribution in [3.63, 3.8) is 0 Å². The SMILES string of the molecule is CN1CCC(Oc2ccc(-c3cnc(Nc4ccnc(-c5cnn(S(=O)(=O)C6CC6)c5)n4)cc3NC3CCC(C)(O)CC3)nn2)CC1. The Morgan fingerprint density at radius 3 is 2.49 bits per heavy atom. The largest absolute Gasteiger partial charge is 0.473 e. The van der Waals surface area contributed by atoms with Crippen LogP contribution in [0.5, 0.6) is 5.88 Å². The summed E-state index contributed by atoms with van der Waals surface area (Å²) < 4.78 is 32.3. The Bertz CT molecular complexity index is 1810. The zero-order valence-corrected chi connectivity index (χ0v) is 27.4. The van der Waals surface area contributed by atoms with Gasteiger partial charge < -0.3 is 25.4 Å². The number of aliphatic hydroxyl groups is 1. The summed E-state index contributed by atoms with van der Waals surface area (Å²) >= 11 is 0. The summed E-state index contributed by atoms with van der Waals surface area (Å²) in [5.41, 5.74) is 2.13. The number of rotatable bonds is 10. The van der Waals surface area contributed by atoms with Crippen molar-refractivity contribution < 1.29 is 18.3 Å². The number of hydrogen-bond donors (Lipinski definition) is 3. The number of likely N-dealkylation sites (tertiary alicyclic amines) is 1. The molecule has 5 heterocycles. The fourth-order valence-electron chi connectivity index (χ4n) is 6.03. The third kappa shape index (κ3) is 7.36. The zero-order valence-electron chi connectivity index (χ0n) is 26.6. The molecule has 0 aromatic carbocycles. The highest BCUT2D eigenvalue weighted by Gasteiger charge is 2.37. The van der Waals surface area contributed by atoms with Crippen molar-refractivity contribution in [3.05, 3.63) is 49.1 Å². The number of nitrogens with one attached hydrogen (secondary N) is 2. The number of hydrogen-bond acceptors (Lipinski definition) is 13. The van der Waals surface area contributed by atoms with Crippen molar-refractivity contribution >= 4 is 27.3 Å². The van der Waals surface area contributed by atoms with Crippen LogP contribution in [0.2, 0.25) is 0 Å². The number of nitrogens with zero attached hydrogens (tertiary/aromatic N) is 8. The molecule has 3 aliphatic rings. The lowest BCUT2D eigenvalue weighted by Crippen LogP contribution is -2.35. The van der Waals surface area contributed by atoms with E-state index in [1.165, 1.54) is 12.4 Å². The van der Waals surface area contributed by atoms with Crippen LogP contribution in [0, 0.1) is 0 Å². The van der Waals surface area contributed by atoms with Crippen molar-refractivity contribution in [3.8, 4) is 28.5 Å². The van der Waals surface area contributed by atoms with Crippen LogP contribution in [0.3, 0.4) is 0 Å². The maximum atomic E-state index is 12.6. The molecule has 4 aromatic rings. The summed E-state index contributed by atoms with van der Waals surface area (Å²) in [6, 6.07) is 7.55. The Morgan fingerprint density at radius 2 is 1.77 bits per heavy atom. The number of anilines is 3. The molecule has 15 heteroatoms.